The van der Waals surface area contributed by atoms with E-state index in [2.05, 4.69) is 30.6 Å². The first kappa shape index (κ1) is 18.2. The number of benzene rings is 1. The molecule has 0 aliphatic carbocycles. The zero-order valence-electron chi connectivity index (χ0n) is 15.7. The Bertz CT molecular complexity index is 785. The van der Waals surface area contributed by atoms with Gasteiger partial charge in [0.15, 0.2) is 0 Å². The SMILES string of the molecule is Cn1c(=O)n(COCC[Si](C)(C)C)c2cccc(N3CCOCC3)c21. The maximum Gasteiger partial charge on any atom is 0.330 e. The van der Waals surface area contributed by atoms with E-state index in [0.29, 0.717) is 13.3 Å². The molecule has 0 saturated carbocycles. The van der Waals surface area contributed by atoms with Gasteiger partial charge in [0.25, 0.3) is 0 Å². The number of imidazole rings is 1. The number of hydrogen-bond acceptors (Lipinski definition) is 4. The summed E-state index contributed by atoms with van der Waals surface area (Å²) >= 11 is 0. The van der Waals surface area contributed by atoms with E-state index in [-0.39, 0.29) is 5.69 Å². The normalized spacial score (nSPS) is 15.9. The van der Waals surface area contributed by atoms with Crippen molar-refractivity contribution < 1.29 is 9.47 Å². The van der Waals surface area contributed by atoms with Crippen molar-refractivity contribution in [1.29, 1.82) is 0 Å². The topological polar surface area (TPSA) is 48.6 Å². The second-order valence-electron chi connectivity index (χ2n) is 7.86. The Morgan fingerprint density at radius 3 is 2.60 bits per heavy atom. The quantitative estimate of drug-likeness (QED) is 0.584. The van der Waals surface area contributed by atoms with Gasteiger partial charge in [-0.05, 0) is 18.2 Å². The van der Waals surface area contributed by atoms with Gasteiger partial charge in [0, 0.05) is 34.8 Å². The third kappa shape index (κ3) is 3.99. The van der Waals surface area contributed by atoms with E-state index in [0.717, 1.165) is 49.1 Å². The molecule has 0 unspecified atom stereocenters. The summed E-state index contributed by atoms with van der Waals surface area (Å²) in [5.41, 5.74) is 2.98. The van der Waals surface area contributed by atoms with Crippen LogP contribution in [0.3, 0.4) is 0 Å². The fourth-order valence-electron chi connectivity index (χ4n) is 3.18. The summed E-state index contributed by atoms with van der Waals surface area (Å²) in [4.78, 5) is 15.0. The maximum absolute atomic E-state index is 12.7. The predicted octanol–water partition coefficient (Wildman–Crippen LogP) is 2.49. The molecular weight excluding hydrogens is 334 g/mol. The van der Waals surface area contributed by atoms with Crippen LogP contribution >= 0.6 is 0 Å². The van der Waals surface area contributed by atoms with Crippen molar-refractivity contribution in [1.82, 2.24) is 9.13 Å². The van der Waals surface area contributed by atoms with Gasteiger partial charge < -0.3 is 14.4 Å². The molecule has 0 spiro atoms. The number of aromatic nitrogens is 2. The number of ether oxygens (including phenoxy) is 2. The number of para-hydroxylation sites is 1. The predicted molar refractivity (Wildman–Crippen MR) is 104 cm³/mol. The van der Waals surface area contributed by atoms with Crippen molar-refractivity contribution in [3.63, 3.8) is 0 Å². The standard InChI is InChI=1S/C18H29N3O3Si/c1-19-17-15(20-8-10-23-11-9-20)6-5-7-16(17)21(18(19)22)14-24-12-13-25(2,3)4/h5-7H,8-14H2,1-4H3. The maximum atomic E-state index is 12.7. The molecule has 3 rings (SSSR count). The van der Waals surface area contributed by atoms with Crippen molar-refractivity contribution in [2.45, 2.75) is 32.4 Å². The van der Waals surface area contributed by atoms with E-state index in [1.807, 2.05) is 19.2 Å². The third-order valence-corrected chi connectivity index (χ3v) is 6.41. The Morgan fingerprint density at radius 2 is 1.92 bits per heavy atom. The van der Waals surface area contributed by atoms with Crippen LogP contribution in [0.15, 0.2) is 23.0 Å². The molecular formula is C18H29N3O3Si. The highest BCUT2D eigenvalue weighted by molar-refractivity contribution is 6.76. The molecule has 6 nitrogen and oxygen atoms in total. The largest absolute Gasteiger partial charge is 0.378 e. The summed E-state index contributed by atoms with van der Waals surface area (Å²) in [6, 6.07) is 7.21. The summed E-state index contributed by atoms with van der Waals surface area (Å²) in [5.74, 6) is 0. The molecule has 0 atom stereocenters. The van der Waals surface area contributed by atoms with Gasteiger partial charge in [-0.3, -0.25) is 9.13 Å². The summed E-state index contributed by atoms with van der Waals surface area (Å²) in [5, 5.41) is 0. The molecule has 0 amide bonds. The van der Waals surface area contributed by atoms with Gasteiger partial charge in [0.1, 0.15) is 6.73 Å². The van der Waals surface area contributed by atoms with E-state index >= 15 is 0 Å². The van der Waals surface area contributed by atoms with Crippen LogP contribution in [0, 0.1) is 0 Å². The number of morpholine rings is 1. The molecule has 1 aromatic carbocycles. The number of nitrogens with zero attached hydrogens (tertiary/aromatic N) is 3. The Morgan fingerprint density at radius 1 is 1.20 bits per heavy atom. The van der Waals surface area contributed by atoms with Crippen LogP contribution in [0.4, 0.5) is 5.69 Å². The number of anilines is 1. The Hall–Kier alpha value is -1.57. The minimum atomic E-state index is -1.13. The third-order valence-electron chi connectivity index (χ3n) is 4.71. The van der Waals surface area contributed by atoms with E-state index in [1.165, 1.54) is 0 Å². The second kappa shape index (κ2) is 7.35. The van der Waals surface area contributed by atoms with Gasteiger partial charge in [0.05, 0.1) is 29.9 Å². The lowest BCUT2D eigenvalue weighted by molar-refractivity contribution is 0.0873. The van der Waals surface area contributed by atoms with Crippen LogP contribution < -0.4 is 10.6 Å². The number of hydrogen-bond donors (Lipinski definition) is 0. The van der Waals surface area contributed by atoms with Gasteiger partial charge in [-0.15, -0.1) is 0 Å². The second-order valence-corrected chi connectivity index (χ2v) is 13.5. The van der Waals surface area contributed by atoms with Crippen LogP contribution in [0.1, 0.15) is 0 Å². The Labute approximate surface area is 149 Å². The molecule has 2 aromatic rings. The van der Waals surface area contributed by atoms with Crippen molar-refractivity contribution in [2.75, 3.05) is 37.8 Å². The van der Waals surface area contributed by atoms with Crippen molar-refractivity contribution in [3.05, 3.63) is 28.7 Å². The summed E-state index contributed by atoms with van der Waals surface area (Å²) in [6.07, 6.45) is 0. The highest BCUT2D eigenvalue weighted by Gasteiger charge is 2.19. The van der Waals surface area contributed by atoms with Crippen LogP contribution in [-0.2, 0) is 23.3 Å². The molecule has 7 heteroatoms. The first-order valence-electron chi connectivity index (χ1n) is 8.97. The number of aryl methyl sites for hydroxylation is 1. The monoisotopic (exact) mass is 363 g/mol. The molecule has 138 valence electrons. The minimum absolute atomic E-state index is 0.0243. The average Bonchev–Trinajstić information content (AvgIpc) is 2.83. The van der Waals surface area contributed by atoms with E-state index in [4.69, 9.17) is 9.47 Å². The molecule has 2 heterocycles. The summed E-state index contributed by atoms with van der Waals surface area (Å²) in [7, 11) is 0.715. The van der Waals surface area contributed by atoms with Crippen LogP contribution in [-0.4, -0.2) is 50.1 Å². The minimum Gasteiger partial charge on any atom is -0.378 e. The lowest BCUT2D eigenvalue weighted by atomic mass is 10.2. The lowest BCUT2D eigenvalue weighted by Gasteiger charge is -2.29. The fraction of sp³-hybridized carbons (Fsp3) is 0.611. The number of fused-ring (bicyclic) bond motifs is 1. The van der Waals surface area contributed by atoms with Crippen molar-refractivity contribution in [2.24, 2.45) is 7.05 Å². The van der Waals surface area contributed by atoms with E-state index in [1.54, 1.807) is 9.13 Å². The highest BCUT2D eigenvalue weighted by atomic mass is 28.3. The van der Waals surface area contributed by atoms with Gasteiger partial charge in [0.2, 0.25) is 0 Å². The zero-order chi connectivity index (χ0) is 18.0. The number of rotatable bonds is 6. The van der Waals surface area contributed by atoms with E-state index in [9.17, 15) is 4.79 Å². The Balaban J connectivity index is 1.87. The first-order chi connectivity index (χ1) is 11.9. The highest BCUT2D eigenvalue weighted by Crippen LogP contribution is 2.26. The van der Waals surface area contributed by atoms with Gasteiger partial charge in [-0.2, -0.15) is 0 Å². The molecule has 1 aliphatic heterocycles. The lowest BCUT2D eigenvalue weighted by Crippen LogP contribution is -2.36. The molecule has 1 fully saturated rings. The average molecular weight is 364 g/mol. The van der Waals surface area contributed by atoms with Crippen LogP contribution in [0.2, 0.25) is 25.7 Å². The zero-order valence-corrected chi connectivity index (χ0v) is 16.7. The molecule has 0 bridgehead atoms. The molecule has 1 aliphatic rings. The molecule has 0 radical (unpaired) electrons. The van der Waals surface area contributed by atoms with Gasteiger partial charge in [-0.25, -0.2) is 4.79 Å². The fourth-order valence-corrected chi connectivity index (χ4v) is 3.94. The molecule has 0 N–H and O–H groups in total. The van der Waals surface area contributed by atoms with Crippen molar-refractivity contribution >= 4 is 24.8 Å². The Kier molecular flexibility index (Phi) is 5.36. The molecule has 1 aromatic heterocycles. The molecule has 1 saturated heterocycles. The van der Waals surface area contributed by atoms with Crippen LogP contribution in [0.25, 0.3) is 11.0 Å². The van der Waals surface area contributed by atoms with Crippen LogP contribution in [0.5, 0.6) is 0 Å². The van der Waals surface area contributed by atoms with Crippen molar-refractivity contribution in [3.8, 4) is 0 Å². The summed E-state index contributed by atoms with van der Waals surface area (Å²) < 4.78 is 14.8. The van der Waals surface area contributed by atoms with E-state index < -0.39 is 8.07 Å². The summed E-state index contributed by atoms with van der Waals surface area (Å²) in [6.45, 7) is 11.2. The smallest absolute Gasteiger partial charge is 0.330 e. The van der Waals surface area contributed by atoms with Gasteiger partial charge >= 0.3 is 5.69 Å². The van der Waals surface area contributed by atoms with Gasteiger partial charge in [-0.1, -0.05) is 25.7 Å². The first-order valence-corrected chi connectivity index (χ1v) is 12.7. The molecule has 25 heavy (non-hydrogen) atoms.